The molecule has 98 valence electrons. The SMILES string of the molecule is O=C(NC1CCCCC1Br)c1ccc(Cl)cc1Cl. The van der Waals surface area contributed by atoms with Crippen LogP contribution in [0.4, 0.5) is 0 Å². The standard InChI is InChI=1S/C13H14BrCl2NO/c14-10-3-1-2-4-12(10)17-13(18)9-6-5-8(15)7-11(9)16/h5-7,10,12H,1-4H2,(H,17,18). The van der Waals surface area contributed by atoms with E-state index < -0.39 is 0 Å². The molecule has 2 nitrogen and oxygen atoms in total. The smallest absolute Gasteiger partial charge is 0.253 e. The zero-order chi connectivity index (χ0) is 13.1. The number of nitrogens with one attached hydrogen (secondary N) is 1. The number of rotatable bonds is 2. The van der Waals surface area contributed by atoms with Crippen LogP contribution in [-0.2, 0) is 0 Å². The van der Waals surface area contributed by atoms with Gasteiger partial charge >= 0.3 is 0 Å². The summed E-state index contributed by atoms with van der Waals surface area (Å²) in [4.78, 5) is 12.5. The van der Waals surface area contributed by atoms with Gasteiger partial charge in [-0.2, -0.15) is 0 Å². The third-order valence-electron chi connectivity index (χ3n) is 3.17. The number of benzene rings is 1. The molecule has 1 amide bonds. The predicted molar refractivity (Wildman–Crippen MR) is 78.9 cm³/mol. The van der Waals surface area contributed by atoms with E-state index in [-0.39, 0.29) is 11.9 Å². The molecule has 0 radical (unpaired) electrons. The summed E-state index contributed by atoms with van der Waals surface area (Å²) in [5, 5.41) is 3.96. The van der Waals surface area contributed by atoms with Crippen LogP contribution in [0.1, 0.15) is 36.0 Å². The topological polar surface area (TPSA) is 29.1 Å². The average molecular weight is 351 g/mol. The number of alkyl halides is 1. The monoisotopic (exact) mass is 349 g/mol. The Morgan fingerprint density at radius 3 is 2.67 bits per heavy atom. The zero-order valence-electron chi connectivity index (χ0n) is 9.76. The highest BCUT2D eigenvalue weighted by atomic mass is 79.9. The molecule has 0 aromatic heterocycles. The molecule has 0 spiro atoms. The number of hydrogen-bond donors (Lipinski definition) is 1. The fourth-order valence-corrected chi connectivity index (χ4v) is 3.38. The van der Waals surface area contributed by atoms with Crippen molar-refractivity contribution < 1.29 is 4.79 Å². The lowest BCUT2D eigenvalue weighted by molar-refractivity contribution is 0.0930. The molecule has 1 aromatic carbocycles. The molecule has 0 heterocycles. The van der Waals surface area contributed by atoms with E-state index in [1.165, 1.54) is 6.42 Å². The molecule has 1 aliphatic rings. The second kappa shape index (κ2) is 6.27. The summed E-state index contributed by atoms with van der Waals surface area (Å²) in [6, 6.07) is 5.10. The van der Waals surface area contributed by atoms with Crippen LogP contribution in [0, 0.1) is 0 Å². The van der Waals surface area contributed by atoms with Gasteiger partial charge in [-0.05, 0) is 31.0 Å². The molecule has 1 aliphatic carbocycles. The Hall–Kier alpha value is -0.250. The van der Waals surface area contributed by atoms with Gasteiger partial charge in [0.05, 0.1) is 10.6 Å². The van der Waals surface area contributed by atoms with Crippen molar-refractivity contribution in [2.45, 2.75) is 36.6 Å². The van der Waals surface area contributed by atoms with Crippen molar-refractivity contribution in [1.82, 2.24) is 5.32 Å². The van der Waals surface area contributed by atoms with Gasteiger partial charge in [0.25, 0.3) is 5.91 Å². The third-order valence-corrected chi connectivity index (χ3v) is 4.82. The summed E-state index contributed by atoms with van der Waals surface area (Å²) in [6.07, 6.45) is 4.47. The average Bonchev–Trinajstić information content (AvgIpc) is 2.32. The van der Waals surface area contributed by atoms with Crippen LogP contribution >= 0.6 is 39.1 Å². The van der Waals surface area contributed by atoms with Crippen LogP contribution in [0.25, 0.3) is 0 Å². The van der Waals surface area contributed by atoms with Crippen LogP contribution in [0.3, 0.4) is 0 Å². The summed E-state index contributed by atoms with van der Waals surface area (Å²) in [7, 11) is 0. The molecule has 1 N–H and O–H groups in total. The van der Waals surface area contributed by atoms with Crippen molar-refractivity contribution >= 4 is 45.0 Å². The van der Waals surface area contributed by atoms with Crippen LogP contribution in [0.2, 0.25) is 10.0 Å². The van der Waals surface area contributed by atoms with Crippen molar-refractivity contribution in [3.05, 3.63) is 33.8 Å². The van der Waals surface area contributed by atoms with E-state index in [2.05, 4.69) is 21.2 Å². The van der Waals surface area contributed by atoms with Crippen LogP contribution in [-0.4, -0.2) is 16.8 Å². The highest BCUT2D eigenvalue weighted by Gasteiger charge is 2.25. The molecule has 1 fully saturated rings. The number of carbonyl (C=O) groups excluding carboxylic acids is 1. The van der Waals surface area contributed by atoms with Gasteiger partial charge in [-0.3, -0.25) is 4.79 Å². The Bertz CT molecular complexity index is 453. The molecule has 0 saturated heterocycles. The molecule has 2 rings (SSSR count). The fraction of sp³-hybridized carbons (Fsp3) is 0.462. The van der Waals surface area contributed by atoms with Crippen LogP contribution in [0.5, 0.6) is 0 Å². The summed E-state index contributed by atoms with van der Waals surface area (Å²) in [5.41, 5.74) is 0.478. The van der Waals surface area contributed by atoms with E-state index >= 15 is 0 Å². The molecule has 2 unspecified atom stereocenters. The molecular weight excluding hydrogens is 337 g/mol. The van der Waals surface area contributed by atoms with Crippen molar-refractivity contribution in [2.75, 3.05) is 0 Å². The minimum absolute atomic E-state index is 0.131. The van der Waals surface area contributed by atoms with E-state index in [9.17, 15) is 4.79 Å². The number of hydrogen-bond acceptors (Lipinski definition) is 1. The van der Waals surface area contributed by atoms with Gasteiger partial charge in [-0.25, -0.2) is 0 Å². The normalized spacial score (nSPS) is 23.7. The van der Waals surface area contributed by atoms with Gasteiger partial charge in [0, 0.05) is 15.9 Å². The van der Waals surface area contributed by atoms with E-state index in [1.54, 1.807) is 18.2 Å². The Labute approximate surface area is 125 Å². The highest BCUT2D eigenvalue weighted by Crippen LogP contribution is 2.26. The maximum Gasteiger partial charge on any atom is 0.253 e. The lowest BCUT2D eigenvalue weighted by atomic mass is 9.95. The summed E-state index contributed by atoms with van der Waals surface area (Å²) in [5.74, 6) is -0.131. The van der Waals surface area contributed by atoms with E-state index in [1.807, 2.05) is 0 Å². The van der Waals surface area contributed by atoms with Gasteiger partial charge in [0.1, 0.15) is 0 Å². The van der Waals surface area contributed by atoms with Crippen LogP contribution < -0.4 is 5.32 Å². The first kappa shape index (κ1) is 14.2. The van der Waals surface area contributed by atoms with Gasteiger partial charge < -0.3 is 5.32 Å². The van der Waals surface area contributed by atoms with Crippen molar-refractivity contribution in [1.29, 1.82) is 0 Å². The Balaban J connectivity index is 2.07. The van der Waals surface area contributed by atoms with Crippen molar-refractivity contribution in [2.24, 2.45) is 0 Å². The maximum absolute atomic E-state index is 12.1. The molecule has 1 saturated carbocycles. The van der Waals surface area contributed by atoms with E-state index in [4.69, 9.17) is 23.2 Å². The van der Waals surface area contributed by atoms with E-state index in [0.29, 0.717) is 20.4 Å². The van der Waals surface area contributed by atoms with E-state index in [0.717, 1.165) is 19.3 Å². The lowest BCUT2D eigenvalue weighted by Crippen LogP contribution is -2.42. The second-order valence-corrected chi connectivity index (χ2v) is 6.52. The van der Waals surface area contributed by atoms with Gasteiger partial charge in [0.2, 0.25) is 0 Å². The highest BCUT2D eigenvalue weighted by molar-refractivity contribution is 9.09. The first-order valence-electron chi connectivity index (χ1n) is 5.98. The number of amides is 1. The molecule has 0 bridgehead atoms. The summed E-state index contributed by atoms with van der Waals surface area (Å²) < 4.78 is 0. The number of carbonyl (C=O) groups is 1. The van der Waals surface area contributed by atoms with Crippen molar-refractivity contribution in [3.63, 3.8) is 0 Å². The fourth-order valence-electron chi connectivity index (χ4n) is 2.17. The molecule has 1 aromatic rings. The quantitative estimate of drug-likeness (QED) is 0.785. The largest absolute Gasteiger partial charge is 0.348 e. The Kier molecular flexibility index (Phi) is 4.93. The third kappa shape index (κ3) is 3.40. The predicted octanol–water partition coefficient (Wildman–Crippen LogP) is 4.43. The molecule has 0 aliphatic heterocycles. The summed E-state index contributed by atoms with van der Waals surface area (Å²) in [6.45, 7) is 0. The summed E-state index contributed by atoms with van der Waals surface area (Å²) >= 11 is 15.5. The Morgan fingerprint density at radius 2 is 2.00 bits per heavy atom. The first-order valence-corrected chi connectivity index (χ1v) is 7.65. The molecule has 5 heteroatoms. The second-order valence-electron chi connectivity index (χ2n) is 4.50. The van der Waals surface area contributed by atoms with Gasteiger partial charge in [-0.15, -0.1) is 0 Å². The first-order chi connectivity index (χ1) is 8.58. The minimum atomic E-state index is -0.131. The van der Waals surface area contributed by atoms with Gasteiger partial charge in [-0.1, -0.05) is 52.0 Å². The molecule has 2 atom stereocenters. The zero-order valence-corrected chi connectivity index (χ0v) is 12.9. The van der Waals surface area contributed by atoms with Gasteiger partial charge in [0.15, 0.2) is 0 Å². The molecule has 18 heavy (non-hydrogen) atoms. The number of halogens is 3. The van der Waals surface area contributed by atoms with Crippen molar-refractivity contribution in [3.8, 4) is 0 Å². The minimum Gasteiger partial charge on any atom is -0.348 e. The Morgan fingerprint density at radius 1 is 1.28 bits per heavy atom. The van der Waals surface area contributed by atoms with Crippen LogP contribution in [0.15, 0.2) is 18.2 Å². The lowest BCUT2D eigenvalue weighted by Gasteiger charge is -2.28. The molecular formula is C13H14BrCl2NO. The maximum atomic E-state index is 12.1.